The first-order valence-corrected chi connectivity index (χ1v) is 7.69. The predicted octanol–water partition coefficient (Wildman–Crippen LogP) is 2.61. The molecule has 26 heavy (non-hydrogen) atoms. The number of hydrogen-bond acceptors (Lipinski definition) is 4. The van der Waals surface area contributed by atoms with Gasteiger partial charge in [-0.15, -0.1) is 0 Å². The van der Waals surface area contributed by atoms with Crippen LogP contribution in [0.1, 0.15) is 23.0 Å². The Morgan fingerprint density at radius 2 is 1.88 bits per heavy atom. The maximum atomic E-state index is 12.4. The van der Waals surface area contributed by atoms with E-state index in [1.54, 1.807) is 6.07 Å². The fourth-order valence-electron chi connectivity index (χ4n) is 1.98. The number of carbonyl (C=O) groups excluding carboxylic acids is 2. The normalized spacial score (nSPS) is 12.3. The van der Waals surface area contributed by atoms with Gasteiger partial charge in [-0.1, -0.05) is 0 Å². The van der Waals surface area contributed by atoms with E-state index in [9.17, 15) is 22.8 Å². The van der Waals surface area contributed by atoms with E-state index in [1.165, 1.54) is 31.4 Å². The van der Waals surface area contributed by atoms with E-state index in [4.69, 9.17) is 9.15 Å². The Bertz CT molecular complexity index is 727. The lowest BCUT2D eigenvalue weighted by Crippen LogP contribution is -2.45. The number of alkyl halides is 3. The van der Waals surface area contributed by atoms with Crippen molar-refractivity contribution in [1.29, 1.82) is 0 Å². The Morgan fingerprint density at radius 3 is 2.46 bits per heavy atom. The summed E-state index contributed by atoms with van der Waals surface area (Å²) in [6.07, 6.45) is -3.05. The molecular formula is C17H17F3N2O4. The van der Waals surface area contributed by atoms with Crippen LogP contribution in [0.5, 0.6) is 5.75 Å². The SMILES string of the molecule is CC(NC(=O)c1ccco1)C(=O)NCCOc1ccc(C(F)(F)F)cc1. The van der Waals surface area contributed by atoms with Crippen LogP contribution >= 0.6 is 0 Å². The zero-order chi connectivity index (χ0) is 19.2. The molecule has 0 saturated heterocycles. The Kier molecular flexibility index (Phi) is 6.26. The van der Waals surface area contributed by atoms with E-state index in [2.05, 4.69) is 10.6 Å². The molecule has 0 fully saturated rings. The Labute approximate surface area is 147 Å². The van der Waals surface area contributed by atoms with Gasteiger partial charge in [0, 0.05) is 0 Å². The minimum atomic E-state index is -4.40. The maximum Gasteiger partial charge on any atom is 0.416 e. The molecule has 1 heterocycles. The van der Waals surface area contributed by atoms with Gasteiger partial charge in [0.15, 0.2) is 5.76 Å². The summed E-state index contributed by atoms with van der Waals surface area (Å²) >= 11 is 0. The molecule has 0 saturated carbocycles. The molecule has 2 aromatic rings. The third-order valence-corrected chi connectivity index (χ3v) is 3.34. The molecule has 0 radical (unpaired) electrons. The zero-order valence-electron chi connectivity index (χ0n) is 13.8. The second kappa shape index (κ2) is 8.41. The highest BCUT2D eigenvalue weighted by molar-refractivity contribution is 5.95. The van der Waals surface area contributed by atoms with Crippen molar-refractivity contribution in [3.8, 4) is 5.75 Å². The quantitative estimate of drug-likeness (QED) is 0.735. The first-order chi connectivity index (χ1) is 12.3. The molecule has 1 aromatic carbocycles. The fraction of sp³-hybridized carbons (Fsp3) is 0.294. The van der Waals surface area contributed by atoms with Gasteiger partial charge in [0.05, 0.1) is 18.4 Å². The number of halogens is 3. The average Bonchev–Trinajstić information content (AvgIpc) is 3.12. The van der Waals surface area contributed by atoms with Crippen LogP contribution in [-0.2, 0) is 11.0 Å². The molecule has 2 N–H and O–H groups in total. The highest BCUT2D eigenvalue weighted by Crippen LogP contribution is 2.30. The lowest BCUT2D eigenvalue weighted by atomic mass is 10.2. The first-order valence-electron chi connectivity index (χ1n) is 7.69. The van der Waals surface area contributed by atoms with Crippen LogP contribution < -0.4 is 15.4 Å². The number of nitrogens with one attached hydrogen (secondary N) is 2. The van der Waals surface area contributed by atoms with Gasteiger partial charge in [-0.25, -0.2) is 0 Å². The van der Waals surface area contributed by atoms with Crippen molar-refractivity contribution in [2.24, 2.45) is 0 Å². The Morgan fingerprint density at radius 1 is 1.19 bits per heavy atom. The Balaban J connectivity index is 1.70. The summed E-state index contributed by atoms with van der Waals surface area (Å²) in [4.78, 5) is 23.6. The van der Waals surface area contributed by atoms with Gasteiger partial charge < -0.3 is 19.8 Å². The van der Waals surface area contributed by atoms with Crippen LogP contribution in [0.15, 0.2) is 47.1 Å². The van der Waals surface area contributed by atoms with Crippen LogP contribution in [0.2, 0.25) is 0 Å². The first kappa shape index (κ1) is 19.4. The van der Waals surface area contributed by atoms with Gasteiger partial charge in [-0.05, 0) is 43.3 Å². The molecule has 1 aromatic heterocycles. The highest BCUT2D eigenvalue weighted by Gasteiger charge is 2.30. The van der Waals surface area contributed by atoms with Crippen LogP contribution in [0, 0.1) is 0 Å². The van der Waals surface area contributed by atoms with Crippen LogP contribution in [0.3, 0.4) is 0 Å². The standard InChI is InChI=1S/C17H17F3N2O4/c1-11(22-16(24)14-3-2-9-26-14)15(23)21-8-10-25-13-6-4-12(5-7-13)17(18,19)20/h2-7,9,11H,8,10H2,1H3,(H,21,23)(H,22,24). The molecule has 1 unspecified atom stereocenters. The molecule has 9 heteroatoms. The van der Waals surface area contributed by atoms with Gasteiger partial charge >= 0.3 is 6.18 Å². The summed E-state index contributed by atoms with van der Waals surface area (Å²) in [5.74, 6) is -0.596. The monoisotopic (exact) mass is 370 g/mol. The Hall–Kier alpha value is -2.97. The number of rotatable bonds is 7. The van der Waals surface area contributed by atoms with E-state index in [1.807, 2.05) is 0 Å². The summed E-state index contributed by atoms with van der Waals surface area (Å²) in [5.41, 5.74) is -0.765. The van der Waals surface area contributed by atoms with Gasteiger partial charge in [-0.3, -0.25) is 9.59 Å². The maximum absolute atomic E-state index is 12.4. The van der Waals surface area contributed by atoms with Gasteiger partial charge in [0.2, 0.25) is 5.91 Å². The molecule has 0 spiro atoms. The van der Waals surface area contributed by atoms with E-state index in [0.29, 0.717) is 0 Å². The molecule has 0 bridgehead atoms. The van der Waals surface area contributed by atoms with E-state index >= 15 is 0 Å². The van der Waals surface area contributed by atoms with E-state index in [-0.39, 0.29) is 24.7 Å². The number of amides is 2. The summed E-state index contributed by atoms with van der Waals surface area (Å²) in [6.45, 7) is 1.70. The van der Waals surface area contributed by atoms with Crippen molar-refractivity contribution >= 4 is 11.8 Å². The molecule has 1 atom stereocenters. The second-order valence-electron chi connectivity index (χ2n) is 5.33. The van der Waals surface area contributed by atoms with E-state index in [0.717, 1.165) is 12.1 Å². The zero-order valence-corrected chi connectivity index (χ0v) is 13.8. The number of carbonyl (C=O) groups is 2. The van der Waals surface area contributed by atoms with Crippen LogP contribution in [0.4, 0.5) is 13.2 Å². The molecular weight excluding hydrogens is 353 g/mol. The van der Waals surface area contributed by atoms with Crippen LogP contribution in [0.25, 0.3) is 0 Å². The van der Waals surface area contributed by atoms with Crippen LogP contribution in [-0.4, -0.2) is 31.0 Å². The average molecular weight is 370 g/mol. The van der Waals surface area contributed by atoms with Crippen molar-refractivity contribution in [1.82, 2.24) is 10.6 Å². The third-order valence-electron chi connectivity index (χ3n) is 3.34. The number of benzene rings is 1. The number of ether oxygens (including phenoxy) is 1. The van der Waals surface area contributed by atoms with Crippen molar-refractivity contribution in [3.63, 3.8) is 0 Å². The minimum Gasteiger partial charge on any atom is -0.492 e. The lowest BCUT2D eigenvalue weighted by molar-refractivity contribution is -0.137. The topological polar surface area (TPSA) is 80.6 Å². The molecule has 2 rings (SSSR count). The van der Waals surface area contributed by atoms with E-state index < -0.39 is 29.6 Å². The minimum absolute atomic E-state index is 0.0654. The summed E-state index contributed by atoms with van der Waals surface area (Å²) < 4.78 is 47.5. The molecule has 2 amide bonds. The third kappa shape index (κ3) is 5.54. The second-order valence-corrected chi connectivity index (χ2v) is 5.33. The van der Waals surface area contributed by atoms with Gasteiger partial charge in [-0.2, -0.15) is 13.2 Å². The van der Waals surface area contributed by atoms with Crippen molar-refractivity contribution in [2.75, 3.05) is 13.2 Å². The lowest BCUT2D eigenvalue weighted by Gasteiger charge is -2.14. The van der Waals surface area contributed by atoms with Crippen molar-refractivity contribution in [3.05, 3.63) is 54.0 Å². The molecule has 140 valence electrons. The van der Waals surface area contributed by atoms with Gasteiger partial charge in [0.1, 0.15) is 18.4 Å². The molecule has 0 aliphatic carbocycles. The molecule has 0 aliphatic rings. The summed E-state index contributed by atoms with van der Waals surface area (Å²) in [6, 6.07) is 6.48. The van der Waals surface area contributed by atoms with Crippen molar-refractivity contribution < 1.29 is 31.9 Å². The number of furan rings is 1. The number of hydrogen-bond donors (Lipinski definition) is 2. The largest absolute Gasteiger partial charge is 0.492 e. The van der Waals surface area contributed by atoms with Gasteiger partial charge in [0.25, 0.3) is 5.91 Å². The smallest absolute Gasteiger partial charge is 0.416 e. The molecule has 0 aliphatic heterocycles. The summed E-state index contributed by atoms with van der Waals surface area (Å²) in [5, 5.41) is 5.02. The highest BCUT2D eigenvalue weighted by atomic mass is 19.4. The predicted molar refractivity (Wildman–Crippen MR) is 85.6 cm³/mol. The molecule has 6 nitrogen and oxygen atoms in total. The summed E-state index contributed by atoms with van der Waals surface area (Å²) in [7, 11) is 0. The van der Waals surface area contributed by atoms with Crippen molar-refractivity contribution in [2.45, 2.75) is 19.1 Å². The fourth-order valence-corrected chi connectivity index (χ4v) is 1.98.